The molecule has 0 radical (unpaired) electrons. The molecule has 0 aliphatic carbocycles. The summed E-state index contributed by atoms with van der Waals surface area (Å²) in [4.78, 5) is 24.9. The van der Waals surface area contributed by atoms with Crippen LogP contribution in [0, 0.1) is 0 Å². The van der Waals surface area contributed by atoms with E-state index >= 15 is 0 Å². The number of nitrogens with zero attached hydrogens (tertiary/aromatic N) is 1. The number of benzene rings is 1. The van der Waals surface area contributed by atoms with Crippen molar-refractivity contribution < 1.29 is 14.3 Å². The van der Waals surface area contributed by atoms with Gasteiger partial charge < -0.3 is 15.0 Å². The highest BCUT2D eigenvalue weighted by atomic mass is 16.5. The molecule has 19 heavy (non-hydrogen) atoms. The molecule has 0 saturated carbocycles. The van der Waals surface area contributed by atoms with E-state index in [1.54, 1.807) is 18.9 Å². The molecule has 1 aliphatic heterocycles. The highest BCUT2D eigenvalue weighted by Gasteiger charge is 2.31. The van der Waals surface area contributed by atoms with Crippen LogP contribution in [0.25, 0.3) is 0 Å². The SMILES string of the molecule is CCC(=O)NCCC1Oc2ccccc2N(C)C1=O. The molecular weight excluding hydrogens is 244 g/mol. The van der Waals surface area contributed by atoms with Crippen LogP contribution in [0.5, 0.6) is 5.75 Å². The van der Waals surface area contributed by atoms with Gasteiger partial charge in [0.25, 0.3) is 5.91 Å². The molecule has 102 valence electrons. The summed E-state index contributed by atoms with van der Waals surface area (Å²) in [6.07, 6.45) is 0.392. The average Bonchev–Trinajstić information content (AvgIpc) is 2.44. The highest BCUT2D eigenvalue weighted by molar-refractivity contribution is 5.99. The van der Waals surface area contributed by atoms with Crippen LogP contribution in [0.4, 0.5) is 5.69 Å². The molecule has 0 fully saturated rings. The number of para-hydroxylation sites is 2. The lowest BCUT2D eigenvalue weighted by Gasteiger charge is -2.31. The molecule has 0 saturated heterocycles. The van der Waals surface area contributed by atoms with E-state index in [4.69, 9.17) is 4.74 Å². The maximum Gasteiger partial charge on any atom is 0.267 e. The molecule has 1 aliphatic rings. The number of amides is 2. The minimum absolute atomic E-state index is 0.0167. The lowest BCUT2D eigenvalue weighted by atomic mass is 10.1. The number of hydrogen-bond acceptors (Lipinski definition) is 3. The topological polar surface area (TPSA) is 58.6 Å². The molecule has 1 atom stereocenters. The number of carbonyl (C=O) groups is 2. The first-order valence-electron chi connectivity index (χ1n) is 6.43. The molecule has 0 spiro atoms. The number of hydrogen-bond donors (Lipinski definition) is 1. The monoisotopic (exact) mass is 262 g/mol. The van der Waals surface area contributed by atoms with E-state index in [1.165, 1.54) is 0 Å². The van der Waals surface area contributed by atoms with E-state index in [1.807, 2.05) is 24.3 Å². The molecule has 0 aromatic heterocycles. The molecule has 1 unspecified atom stereocenters. The van der Waals surface area contributed by atoms with E-state index < -0.39 is 6.10 Å². The second-order valence-corrected chi connectivity index (χ2v) is 4.46. The molecule has 1 heterocycles. The van der Waals surface area contributed by atoms with Crippen molar-refractivity contribution in [1.82, 2.24) is 5.32 Å². The van der Waals surface area contributed by atoms with Gasteiger partial charge in [0.2, 0.25) is 5.91 Å². The van der Waals surface area contributed by atoms with Crippen molar-refractivity contribution >= 4 is 17.5 Å². The summed E-state index contributed by atoms with van der Waals surface area (Å²) >= 11 is 0. The molecule has 1 N–H and O–H groups in total. The van der Waals surface area contributed by atoms with Gasteiger partial charge in [0, 0.05) is 26.4 Å². The van der Waals surface area contributed by atoms with Gasteiger partial charge in [0.1, 0.15) is 5.75 Å². The van der Waals surface area contributed by atoms with Crippen LogP contribution in [-0.2, 0) is 9.59 Å². The number of ether oxygens (including phenoxy) is 1. The van der Waals surface area contributed by atoms with Crippen molar-refractivity contribution in [2.24, 2.45) is 0 Å². The van der Waals surface area contributed by atoms with Gasteiger partial charge in [-0.15, -0.1) is 0 Å². The molecular formula is C14H18N2O3. The van der Waals surface area contributed by atoms with E-state index in [-0.39, 0.29) is 11.8 Å². The molecule has 1 aromatic carbocycles. The zero-order valence-corrected chi connectivity index (χ0v) is 11.2. The zero-order valence-electron chi connectivity index (χ0n) is 11.2. The van der Waals surface area contributed by atoms with Gasteiger partial charge >= 0.3 is 0 Å². The second kappa shape index (κ2) is 5.73. The normalized spacial score (nSPS) is 17.7. The Labute approximate surface area is 112 Å². The Hall–Kier alpha value is -2.04. The number of anilines is 1. The van der Waals surface area contributed by atoms with Crippen molar-refractivity contribution in [3.8, 4) is 5.75 Å². The first-order chi connectivity index (χ1) is 9.13. The van der Waals surface area contributed by atoms with Gasteiger partial charge in [0.15, 0.2) is 6.10 Å². The molecule has 2 rings (SSSR count). The van der Waals surface area contributed by atoms with Crippen LogP contribution in [0.2, 0.25) is 0 Å². The average molecular weight is 262 g/mol. The van der Waals surface area contributed by atoms with Gasteiger partial charge in [-0.2, -0.15) is 0 Å². The molecule has 5 nitrogen and oxygen atoms in total. The van der Waals surface area contributed by atoms with Crippen LogP contribution in [0.1, 0.15) is 19.8 Å². The third-order valence-corrected chi connectivity index (χ3v) is 3.15. The predicted octanol–water partition coefficient (Wildman–Crippen LogP) is 1.33. The van der Waals surface area contributed by atoms with Gasteiger partial charge in [-0.25, -0.2) is 0 Å². The summed E-state index contributed by atoms with van der Waals surface area (Å²) in [6, 6.07) is 7.43. The first kappa shape index (κ1) is 13.4. The van der Waals surface area contributed by atoms with Crippen molar-refractivity contribution in [2.45, 2.75) is 25.9 Å². The van der Waals surface area contributed by atoms with E-state index in [0.717, 1.165) is 5.69 Å². The third-order valence-electron chi connectivity index (χ3n) is 3.15. The number of carbonyl (C=O) groups excluding carboxylic acids is 2. The van der Waals surface area contributed by atoms with Gasteiger partial charge in [0.05, 0.1) is 5.69 Å². The Morgan fingerprint density at radius 3 is 2.89 bits per heavy atom. The lowest BCUT2D eigenvalue weighted by Crippen LogP contribution is -2.45. The minimum Gasteiger partial charge on any atom is -0.478 e. The zero-order chi connectivity index (χ0) is 13.8. The smallest absolute Gasteiger partial charge is 0.267 e. The van der Waals surface area contributed by atoms with Crippen LogP contribution < -0.4 is 15.0 Å². The summed E-state index contributed by atoms with van der Waals surface area (Å²) in [7, 11) is 1.74. The highest BCUT2D eigenvalue weighted by Crippen LogP contribution is 2.33. The van der Waals surface area contributed by atoms with Crippen LogP contribution in [0.15, 0.2) is 24.3 Å². The molecule has 5 heteroatoms. The van der Waals surface area contributed by atoms with E-state index in [0.29, 0.717) is 25.1 Å². The van der Waals surface area contributed by atoms with Crippen molar-refractivity contribution in [3.05, 3.63) is 24.3 Å². The van der Waals surface area contributed by atoms with Crippen LogP contribution in [0.3, 0.4) is 0 Å². The van der Waals surface area contributed by atoms with Crippen molar-refractivity contribution in [1.29, 1.82) is 0 Å². The third kappa shape index (κ3) is 2.86. The van der Waals surface area contributed by atoms with E-state index in [2.05, 4.69) is 5.32 Å². The fraction of sp³-hybridized carbons (Fsp3) is 0.429. The second-order valence-electron chi connectivity index (χ2n) is 4.46. The maximum atomic E-state index is 12.1. The Bertz CT molecular complexity index is 487. The quantitative estimate of drug-likeness (QED) is 0.890. The Morgan fingerprint density at radius 2 is 2.16 bits per heavy atom. The summed E-state index contributed by atoms with van der Waals surface area (Å²) in [6.45, 7) is 2.24. The van der Waals surface area contributed by atoms with E-state index in [9.17, 15) is 9.59 Å². The van der Waals surface area contributed by atoms with Gasteiger partial charge in [-0.05, 0) is 12.1 Å². The molecule has 0 bridgehead atoms. The Balaban J connectivity index is 2.01. The number of rotatable bonds is 4. The lowest BCUT2D eigenvalue weighted by molar-refractivity contribution is -0.127. The molecule has 1 aromatic rings. The number of fused-ring (bicyclic) bond motifs is 1. The standard InChI is InChI=1S/C14H18N2O3/c1-3-13(17)15-9-8-12-14(18)16(2)10-6-4-5-7-11(10)19-12/h4-7,12H,3,8-9H2,1-2H3,(H,15,17). The molecule has 2 amide bonds. The fourth-order valence-electron chi connectivity index (χ4n) is 2.02. The van der Waals surface area contributed by atoms with Gasteiger partial charge in [-0.3, -0.25) is 9.59 Å². The first-order valence-corrected chi connectivity index (χ1v) is 6.43. The Morgan fingerprint density at radius 1 is 1.42 bits per heavy atom. The summed E-state index contributed by atoms with van der Waals surface area (Å²) in [5.41, 5.74) is 0.779. The maximum absolute atomic E-state index is 12.1. The summed E-state index contributed by atoms with van der Waals surface area (Å²) in [5, 5.41) is 2.75. The number of nitrogens with one attached hydrogen (secondary N) is 1. The summed E-state index contributed by atoms with van der Waals surface area (Å²) in [5.74, 6) is 0.609. The van der Waals surface area contributed by atoms with Crippen LogP contribution in [-0.4, -0.2) is 31.5 Å². The predicted molar refractivity (Wildman–Crippen MR) is 72.2 cm³/mol. The summed E-state index contributed by atoms with van der Waals surface area (Å²) < 4.78 is 5.69. The minimum atomic E-state index is -0.531. The fourth-order valence-corrected chi connectivity index (χ4v) is 2.02. The van der Waals surface area contributed by atoms with Crippen LogP contribution >= 0.6 is 0 Å². The van der Waals surface area contributed by atoms with Crippen molar-refractivity contribution in [3.63, 3.8) is 0 Å². The Kier molecular flexibility index (Phi) is 4.04. The van der Waals surface area contributed by atoms with Crippen molar-refractivity contribution in [2.75, 3.05) is 18.5 Å². The van der Waals surface area contributed by atoms with Gasteiger partial charge in [-0.1, -0.05) is 19.1 Å². The largest absolute Gasteiger partial charge is 0.478 e. The number of likely N-dealkylation sites (N-methyl/N-ethyl adjacent to an activating group) is 1.